The van der Waals surface area contributed by atoms with Crippen LogP contribution in [0.1, 0.15) is 43.4 Å². The first-order chi connectivity index (χ1) is 17.4. The van der Waals surface area contributed by atoms with Gasteiger partial charge >= 0.3 is 12.1 Å². The largest absolute Gasteiger partial charge is 0.454 e. The van der Waals surface area contributed by atoms with E-state index in [0.717, 1.165) is 18.2 Å². The molecule has 0 radical (unpaired) electrons. The molecule has 2 heterocycles. The van der Waals surface area contributed by atoms with Crippen molar-refractivity contribution >= 4 is 23.4 Å². The minimum absolute atomic E-state index is 0.000425. The van der Waals surface area contributed by atoms with Crippen LogP contribution in [0.3, 0.4) is 0 Å². The van der Waals surface area contributed by atoms with E-state index in [4.69, 9.17) is 20.9 Å². The number of nitrogens with zero attached hydrogens (tertiary/aromatic N) is 2. The second kappa shape index (κ2) is 9.85. The summed E-state index contributed by atoms with van der Waals surface area (Å²) in [6.07, 6.45) is -4.52. The van der Waals surface area contributed by atoms with Crippen molar-refractivity contribution in [1.82, 2.24) is 9.72 Å². The van der Waals surface area contributed by atoms with Crippen LogP contribution < -0.4 is 0 Å². The maximum absolute atomic E-state index is 14.4. The Labute approximate surface area is 213 Å². The Balaban J connectivity index is 1.58. The standard InChI is InChI=1S/C26H19ClF4N2O4/c1-13-10-18(14(2)33(13)17-7-4-6-16(11-17)26(29,30)31)21(34)12-36-25(35)22-15(3)37-32-24(22)23-19(27)8-5-9-20(23)28/h4-11H,12H2,1-3H3. The fourth-order valence-electron chi connectivity index (χ4n) is 4.05. The summed E-state index contributed by atoms with van der Waals surface area (Å²) in [5.41, 5.74) is -0.0432. The van der Waals surface area contributed by atoms with E-state index in [2.05, 4.69) is 5.16 Å². The number of rotatable bonds is 6. The Bertz CT molecular complexity index is 1500. The van der Waals surface area contributed by atoms with Gasteiger partial charge in [0.05, 0.1) is 16.1 Å². The summed E-state index contributed by atoms with van der Waals surface area (Å²) in [5, 5.41) is 3.73. The molecule has 0 atom stereocenters. The highest BCUT2D eigenvalue weighted by molar-refractivity contribution is 6.33. The summed E-state index contributed by atoms with van der Waals surface area (Å²) in [6.45, 7) is 3.96. The third-order valence-corrected chi connectivity index (χ3v) is 6.08. The lowest BCUT2D eigenvalue weighted by Gasteiger charge is -2.13. The van der Waals surface area contributed by atoms with E-state index in [9.17, 15) is 27.2 Å². The number of carbonyl (C=O) groups is 2. The first kappa shape index (κ1) is 26.2. The van der Waals surface area contributed by atoms with Crippen LogP contribution in [-0.4, -0.2) is 28.1 Å². The van der Waals surface area contributed by atoms with Gasteiger partial charge in [0.2, 0.25) is 5.78 Å². The van der Waals surface area contributed by atoms with Crippen molar-refractivity contribution in [3.05, 3.63) is 93.2 Å². The SMILES string of the molecule is Cc1onc(-c2c(F)cccc2Cl)c1C(=O)OCC(=O)c1cc(C)n(-c2cccc(C(F)(F)F)c2)c1C. The molecule has 0 saturated heterocycles. The van der Waals surface area contributed by atoms with Crippen molar-refractivity contribution in [2.75, 3.05) is 6.61 Å². The third-order valence-electron chi connectivity index (χ3n) is 5.76. The topological polar surface area (TPSA) is 74.3 Å². The summed E-state index contributed by atoms with van der Waals surface area (Å²) < 4.78 is 65.7. The number of alkyl halides is 3. The molecular formula is C26H19ClF4N2O4. The van der Waals surface area contributed by atoms with Crippen molar-refractivity contribution in [3.8, 4) is 16.9 Å². The van der Waals surface area contributed by atoms with Crippen LogP contribution in [0, 0.1) is 26.6 Å². The van der Waals surface area contributed by atoms with E-state index < -0.39 is 35.9 Å². The van der Waals surface area contributed by atoms with Crippen molar-refractivity contribution in [2.45, 2.75) is 26.9 Å². The van der Waals surface area contributed by atoms with Crippen molar-refractivity contribution in [1.29, 1.82) is 0 Å². The zero-order valence-electron chi connectivity index (χ0n) is 19.7. The van der Waals surface area contributed by atoms with Crippen molar-refractivity contribution in [3.63, 3.8) is 0 Å². The first-order valence-corrected chi connectivity index (χ1v) is 11.3. The molecule has 0 bridgehead atoms. The maximum Gasteiger partial charge on any atom is 0.416 e. The van der Waals surface area contributed by atoms with Crippen molar-refractivity contribution < 1.29 is 36.4 Å². The lowest BCUT2D eigenvalue weighted by atomic mass is 10.1. The molecule has 0 spiro atoms. The van der Waals surface area contributed by atoms with Gasteiger partial charge in [-0.15, -0.1) is 0 Å². The Kier molecular flexibility index (Phi) is 6.96. The summed E-state index contributed by atoms with van der Waals surface area (Å²) in [5.74, 6) is -2.25. The highest BCUT2D eigenvalue weighted by Crippen LogP contribution is 2.34. The van der Waals surface area contributed by atoms with E-state index in [1.54, 1.807) is 13.8 Å². The first-order valence-electron chi connectivity index (χ1n) is 10.9. The molecule has 192 valence electrons. The molecule has 4 aromatic rings. The molecule has 2 aromatic carbocycles. The number of halogens is 5. The average molecular weight is 535 g/mol. The number of ketones is 1. The fourth-order valence-corrected chi connectivity index (χ4v) is 4.30. The molecule has 0 aliphatic carbocycles. The van der Waals surface area contributed by atoms with Gasteiger partial charge in [0.15, 0.2) is 6.61 Å². The van der Waals surface area contributed by atoms with Gasteiger partial charge in [-0.25, -0.2) is 9.18 Å². The summed E-state index contributed by atoms with van der Waals surface area (Å²) in [7, 11) is 0. The zero-order valence-corrected chi connectivity index (χ0v) is 20.5. The van der Waals surface area contributed by atoms with Gasteiger partial charge in [0.1, 0.15) is 22.8 Å². The lowest BCUT2D eigenvalue weighted by Crippen LogP contribution is -2.16. The highest BCUT2D eigenvalue weighted by Gasteiger charge is 2.31. The number of aromatic nitrogens is 2. The minimum atomic E-state index is -4.52. The number of esters is 1. The number of Topliss-reactive ketones (excluding diaryl/α,β-unsaturated/α-hetero) is 1. The Hall–Kier alpha value is -3.92. The van der Waals surface area contributed by atoms with Crippen LogP contribution in [0.5, 0.6) is 0 Å². The molecule has 6 nitrogen and oxygen atoms in total. The van der Waals surface area contributed by atoms with Crippen LogP contribution in [0.4, 0.5) is 17.6 Å². The number of aryl methyl sites for hydroxylation is 2. The molecular weight excluding hydrogens is 516 g/mol. The highest BCUT2D eigenvalue weighted by atomic mass is 35.5. The molecule has 0 amide bonds. The number of benzene rings is 2. The molecule has 2 aromatic heterocycles. The number of carbonyl (C=O) groups excluding carboxylic acids is 2. The molecule has 0 saturated carbocycles. The van der Waals surface area contributed by atoms with Crippen LogP contribution in [-0.2, 0) is 10.9 Å². The predicted octanol–water partition coefficient (Wildman–Crippen LogP) is 6.91. The van der Waals surface area contributed by atoms with Gasteiger partial charge in [-0.05, 0) is 57.2 Å². The monoisotopic (exact) mass is 534 g/mol. The van der Waals surface area contributed by atoms with Crippen LogP contribution in [0.2, 0.25) is 5.02 Å². The van der Waals surface area contributed by atoms with E-state index in [1.165, 1.54) is 41.8 Å². The van der Waals surface area contributed by atoms with Crippen LogP contribution >= 0.6 is 11.6 Å². The van der Waals surface area contributed by atoms with Gasteiger partial charge < -0.3 is 13.8 Å². The van der Waals surface area contributed by atoms with E-state index in [-0.39, 0.29) is 38.9 Å². The smallest absolute Gasteiger partial charge is 0.416 e. The Morgan fingerprint density at radius 3 is 2.46 bits per heavy atom. The van der Waals surface area contributed by atoms with Gasteiger partial charge in [-0.2, -0.15) is 13.2 Å². The van der Waals surface area contributed by atoms with E-state index >= 15 is 0 Å². The van der Waals surface area contributed by atoms with E-state index in [1.807, 2.05) is 0 Å². The predicted molar refractivity (Wildman–Crippen MR) is 127 cm³/mol. The second-order valence-electron chi connectivity index (χ2n) is 8.23. The molecule has 37 heavy (non-hydrogen) atoms. The molecule has 0 unspecified atom stereocenters. The Morgan fingerprint density at radius 2 is 1.78 bits per heavy atom. The molecule has 0 aliphatic rings. The van der Waals surface area contributed by atoms with E-state index in [0.29, 0.717) is 11.4 Å². The summed E-state index contributed by atoms with van der Waals surface area (Å²) in [6, 6.07) is 10.2. The number of ether oxygens (including phenoxy) is 1. The quantitative estimate of drug-likeness (QED) is 0.153. The second-order valence-corrected chi connectivity index (χ2v) is 8.63. The van der Waals surface area contributed by atoms with Gasteiger partial charge in [0.25, 0.3) is 0 Å². The molecule has 0 N–H and O–H groups in total. The maximum atomic E-state index is 14.4. The minimum Gasteiger partial charge on any atom is -0.454 e. The normalized spacial score (nSPS) is 11.6. The average Bonchev–Trinajstić information content (AvgIpc) is 3.35. The fraction of sp³-hybridized carbons (Fsp3) is 0.192. The van der Waals surface area contributed by atoms with Crippen LogP contribution in [0.15, 0.2) is 53.1 Å². The Morgan fingerprint density at radius 1 is 1.08 bits per heavy atom. The molecule has 4 rings (SSSR count). The number of hydrogen-bond acceptors (Lipinski definition) is 5. The molecule has 0 aliphatic heterocycles. The lowest BCUT2D eigenvalue weighted by molar-refractivity contribution is -0.137. The molecule has 0 fully saturated rings. The van der Waals surface area contributed by atoms with Gasteiger partial charge in [-0.3, -0.25) is 4.79 Å². The summed E-state index contributed by atoms with van der Waals surface area (Å²) >= 11 is 6.08. The molecule has 11 heteroatoms. The summed E-state index contributed by atoms with van der Waals surface area (Å²) in [4.78, 5) is 25.8. The number of hydrogen-bond donors (Lipinski definition) is 0. The van der Waals surface area contributed by atoms with Gasteiger partial charge in [0, 0.05) is 22.6 Å². The van der Waals surface area contributed by atoms with Gasteiger partial charge in [-0.1, -0.05) is 28.9 Å². The third kappa shape index (κ3) is 5.01. The van der Waals surface area contributed by atoms with Crippen molar-refractivity contribution in [2.24, 2.45) is 0 Å². The van der Waals surface area contributed by atoms with Crippen LogP contribution in [0.25, 0.3) is 16.9 Å². The zero-order chi connectivity index (χ0) is 27.1.